The predicted molar refractivity (Wildman–Crippen MR) is 53.5 cm³/mol. The van der Waals surface area contributed by atoms with Gasteiger partial charge < -0.3 is 9.42 Å². The Kier molecular flexibility index (Phi) is 2.90. The van der Waals surface area contributed by atoms with Gasteiger partial charge in [-0.2, -0.15) is 4.98 Å². The molecule has 0 N–H and O–H groups in total. The zero-order chi connectivity index (χ0) is 10.8. The van der Waals surface area contributed by atoms with E-state index in [0.717, 1.165) is 12.8 Å². The number of amides is 1. The Morgan fingerprint density at radius 1 is 1.67 bits per heavy atom. The van der Waals surface area contributed by atoms with E-state index in [0.29, 0.717) is 24.2 Å². The lowest BCUT2D eigenvalue weighted by molar-refractivity contribution is -0.127. The number of nitrogens with zero attached hydrogens (tertiary/aromatic N) is 3. The van der Waals surface area contributed by atoms with E-state index < -0.39 is 0 Å². The molecule has 1 aromatic heterocycles. The summed E-state index contributed by atoms with van der Waals surface area (Å²) in [6.07, 6.45) is 2.25. The van der Waals surface area contributed by atoms with E-state index in [2.05, 4.69) is 10.1 Å². The SMILES string of the molecule is CN(Cc1noc(C2CC2)n1)C(=O)CCl. The van der Waals surface area contributed by atoms with Gasteiger partial charge in [-0.05, 0) is 12.8 Å². The molecule has 1 saturated carbocycles. The van der Waals surface area contributed by atoms with Crippen molar-refractivity contribution in [1.82, 2.24) is 15.0 Å². The summed E-state index contributed by atoms with van der Waals surface area (Å²) in [6, 6.07) is 0. The fourth-order valence-electron chi connectivity index (χ4n) is 1.23. The van der Waals surface area contributed by atoms with Crippen LogP contribution in [0.4, 0.5) is 0 Å². The molecule has 1 fully saturated rings. The van der Waals surface area contributed by atoms with E-state index in [1.807, 2.05) is 0 Å². The quantitative estimate of drug-likeness (QED) is 0.727. The third-order valence-corrected chi connectivity index (χ3v) is 2.56. The normalized spacial score (nSPS) is 15.3. The van der Waals surface area contributed by atoms with Gasteiger partial charge in [-0.3, -0.25) is 4.79 Å². The maximum absolute atomic E-state index is 11.2. The number of carbonyl (C=O) groups is 1. The minimum atomic E-state index is -0.144. The highest BCUT2D eigenvalue weighted by Crippen LogP contribution is 2.38. The van der Waals surface area contributed by atoms with E-state index in [4.69, 9.17) is 16.1 Å². The molecule has 1 aliphatic carbocycles. The summed E-state index contributed by atoms with van der Waals surface area (Å²) >= 11 is 5.42. The molecule has 1 amide bonds. The average molecular weight is 230 g/mol. The van der Waals surface area contributed by atoms with Gasteiger partial charge in [0.2, 0.25) is 11.8 Å². The Bertz CT molecular complexity index is 362. The first-order valence-electron chi connectivity index (χ1n) is 4.83. The minimum absolute atomic E-state index is 0.0240. The molecule has 0 spiro atoms. The summed E-state index contributed by atoms with van der Waals surface area (Å²) in [7, 11) is 1.66. The van der Waals surface area contributed by atoms with Gasteiger partial charge in [0.05, 0.1) is 6.54 Å². The number of halogens is 1. The Morgan fingerprint density at radius 2 is 2.40 bits per heavy atom. The molecule has 0 bridgehead atoms. The van der Waals surface area contributed by atoms with Crippen molar-refractivity contribution < 1.29 is 9.32 Å². The van der Waals surface area contributed by atoms with Crippen LogP contribution in [0.15, 0.2) is 4.52 Å². The number of carbonyl (C=O) groups excluding carboxylic acids is 1. The fourth-order valence-corrected chi connectivity index (χ4v) is 1.43. The topological polar surface area (TPSA) is 59.2 Å². The van der Waals surface area contributed by atoms with E-state index in [-0.39, 0.29) is 11.8 Å². The molecule has 0 aromatic carbocycles. The van der Waals surface area contributed by atoms with Crippen LogP contribution in [0.3, 0.4) is 0 Å². The van der Waals surface area contributed by atoms with Crippen LogP contribution in [-0.2, 0) is 11.3 Å². The summed E-state index contributed by atoms with van der Waals surface area (Å²) in [4.78, 5) is 16.9. The molecule has 0 aliphatic heterocycles. The van der Waals surface area contributed by atoms with Gasteiger partial charge in [-0.25, -0.2) is 0 Å². The van der Waals surface area contributed by atoms with Crippen LogP contribution < -0.4 is 0 Å². The zero-order valence-corrected chi connectivity index (χ0v) is 9.20. The Labute approximate surface area is 92.4 Å². The molecule has 1 heterocycles. The van der Waals surface area contributed by atoms with Crippen LogP contribution in [0.25, 0.3) is 0 Å². The van der Waals surface area contributed by atoms with Gasteiger partial charge in [0, 0.05) is 13.0 Å². The molecule has 1 aliphatic rings. The van der Waals surface area contributed by atoms with Gasteiger partial charge in [-0.15, -0.1) is 11.6 Å². The van der Waals surface area contributed by atoms with Crippen molar-refractivity contribution in [2.24, 2.45) is 0 Å². The van der Waals surface area contributed by atoms with Crippen molar-refractivity contribution in [3.63, 3.8) is 0 Å². The molecule has 6 heteroatoms. The van der Waals surface area contributed by atoms with Gasteiger partial charge in [-0.1, -0.05) is 5.16 Å². The van der Waals surface area contributed by atoms with E-state index >= 15 is 0 Å². The first-order valence-corrected chi connectivity index (χ1v) is 5.36. The molecule has 2 rings (SSSR count). The Hall–Kier alpha value is -1.10. The summed E-state index contributed by atoms with van der Waals surface area (Å²) in [6.45, 7) is 0.349. The van der Waals surface area contributed by atoms with Crippen LogP contribution >= 0.6 is 11.6 Å². The van der Waals surface area contributed by atoms with Crippen molar-refractivity contribution in [3.8, 4) is 0 Å². The maximum atomic E-state index is 11.2. The second-order valence-electron chi connectivity index (χ2n) is 3.71. The summed E-state index contributed by atoms with van der Waals surface area (Å²) in [5, 5.41) is 3.81. The first-order chi connectivity index (χ1) is 7.20. The number of hydrogen-bond acceptors (Lipinski definition) is 4. The van der Waals surface area contributed by atoms with Crippen molar-refractivity contribution in [1.29, 1.82) is 0 Å². The number of rotatable bonds is 4. The highest BCUT2D eigenvalue weighted by molar-refractivity contribution is 6.27. The third-order valence-electron chi connectivity index (χ3n) is 2.33. The minimum Gasteiger partial charge on any atom is -0.339 e. The van der Waals surface area contributed by atoms with E-state index in [1.165, 1.54) is 4.90 Å². The van der Waals surface area contributed by atoms with Crippen molar-refractivity contribution in [2.75, 3.05) is 12.9 Å². The molecule has 0 atom stereocenters. The zero-order valence-electron chi connectivity index (χ0n) is 8.44. The molecular formula is C9H12ClN3O2. The number of alkyl halides is 1. The monoisotopic (exact) mass is 229 g/mol. The smallest absolute Gasteiger partial charge is 0.237 e. The van der Waals surface area contributed by atoms with Gasteiger partial charge in [0.15, 0.2) is 5.82 Å². The van der Waals surface area contributed by atoms with Crippen LogP contribution in [0.5, 0.6) is 0 Å². The van der Waals surface area contributed by atoms with Gasteiger partial charge in [0.1, 0.15) is 5.88 Å². The second kappa shape index (κ2) is 4.18. The molecule has 0 saturated heterocycles. The third kappa shape index (κ3) is 2.47. The van der Waals surface area contributed by atoms with Crippen molar-refractivity contribution in [2.45, 2.75) is 25.3 Å². The molecule has 1 aromatic rings. The lowest BCUT2D eigenvalue weighted by atomic mass is 10.4. The molecule has 15 heavy (non-hydrogen) atoms. The summed E-state index contributed by atoms with van der Waals surface area (Å²) in [5.74, 6) is 1.51. The molecule has 82 valence electrons. The fraction of sp³-hybridized carbons (Fsp3) is 0.667. The van der Waals surface area contributed by atoms with E-state index in [9.17, 15) is 4.79 Å². The second-order valence-corrected chi connectivity index (χ2v) is 3.97. The summed E-state index contributed by atoms with van der Waals surface area (Å²) in [5.41, 5.74) is 0. The predicted octanol–water partition coefficient (Wildman–Crippen LogP) is 1.14. The average Bonchev–Trinajstić information content (AvgIpc) is 2.99. The van der Waals surface area contributed by atoms with E-state index in [1.54, 1.807) is 7.05 Å². The largest absolute Gasteiger partial charge is 0.339 e. The van der Waals surface area contributed by atoms with Crippen molar-refractivity contribution in [3.05, 3.63) is 11.7 Å². The van der Waals surface area contributed by atoms with Crippen molar-refractivity contribution >= 4 is 17.5 Å². The number of aromatic nitrogens is 2. The summed E-state index contributed by atoms with van der Waals surface area (Å²) < 4.78 is 5.07. The lowest BCUT2D eigenvalue weighted by Crippen LogP contribution is -2.27. The van der Waals surface area contributed by atoms with Gasteiger partial charge >= 0.3 is 0 Å². The lowest BCUT2D eigenvalue weighted by Gasteiger charge is -2.12. The van der Waals surface area contributed by atoms with Gasteiger partial charge in [0.25, 0.3) is 0 Å². The van der Waals surface area contributed by atoms with Crippen LogP contribution in [0, 0.1) is 0 Å². The number of hydrogen-bond donors (Lipinski definition) is 0. The molecule has 0 unspecified atom stereocenters. The highest BCUT2D eigenvalue weighted by atomic mass is 35.5. The van der Waals surface area contributed by atoms with Crippen LogP contribution in [0.2, 0.25) is 0 Å². The molecule has 0 radical (unpaired) electrons. The Balaban J connectivity index is 1.94. The first kappa shape index (κ1) is 10.4. The van der Waals surface area contributed by atoms with Crippen LogP contribution in [-0.4, -0.2) is 33.9 Å². The maximum Gasteiger partial charge on any atom is 0.237 e. The molecule has 5 nitrogen and oxygen atoms in total. The van der Waals surface area contributed by atoms with Crippen LogP contribution in [0.1, 0.15) is 30.5 Å². The highest BCUT2D eigenvalue weighted by Gasteiger charge is 2.29. The molecular weight excluding hydrogens is 218 g/mol. The Morgan fingerprint density at radius 3 is 3.00 bits per heavy atom. The standard InChI is InChI=1S/C9H12ClN3O2/c1-13(8(14)4-10)5-7-11-9(15-12-7)6-2-3-6/h6H,2-5H2,1H3.